The molecule has 0 aromatic heterocycles. The normalized spacial score (nSPS) is 11.0. The van der Waals surface area contributed by atoms with Gasteiger partial charge >= 0.3 is 6.03 Å². The van der Waals surface area contributed by atoms with E-state index < -0.39 is 0 Å². The molecule has 0 fully saturated rings. The number of anilines is 2. The Kier molecular flexibility index (Phi) is 6.83. The molecule has 5 N–H and O–H groups in total. The third kappa shape index (κ3) is 5.84. The van der Waals surface area contributed by atoms with Crippen LogP contribution in [0.25, 0.3) is 0 Å². The SMILES string of the molecule is CCCCN/N=C(\N)c1ccc(NC(=O)Nc2ccccc2C)cc1. The van der Waals surface area contributed by atoms with E-state index in [1.807, 2.05) is 43.3 Å². The first-order valence-electron chi connectivity index (χ1n) is 8.40. The molecule has 0 spiro atoms. The molecule has 2 amide bonds. The van der Waals surface area contributed by atoms with Crippen LogP contribution in [0.15, 0.2) is 53.6 Å². The van der Waals surface area contributed by atoms with Gasteiger partial charge in [-0.1, -0.05) is 31.5 Å². The Morgan fingerprint density at radius 1 is 1.08 bits per heavy atom. The number of amidine groups is 1. The number of carbonyl (C=O) groups is 1. The monoisotopic (exact) mass is 339 g/mol. The van der Waals surface area contributed by atoms with Gasteiger partial charge in [0.25, 0.3) is 0 Å². The van der Waals surface area contributed by atoms with Crippen molar-refractivity contribution in [3.63, 3.8) is 0 Å². The predicted molar refractivity (Wildman–Crippen MR) is 104 cm³/mol. The lowest BCUT2D eigenvalue weighted by molar-refractivity contribution is 0.262. The van der Waals surface area contributed by atoms with Crippen molar-refractivity contribution < 1.29 is 4.79 Å². The van der Waals surface area contributed by atoms with Crippen molar-refractivity contribution in [1.82, 2.24) is 5.43 Å². The van der Waals surface area contributed by atoms with Gasteiger partial charge < -0.3 is 21.8 Å². The maximum Gasteiger partial charge on any atom is 0.323 e. The number of carbonyl (C=O) groups excluding carboxylic acids is 1. The summed E-state index contributed by atoms with van der Waals surface area (Å²) in [4.78, 5) is 12.1. The number of urea groups is 1. The lowest BCUT2D eigenvalue weighted by Crippen LogP contribution is -2.21. The van der Waals surface area contributed by atoms with E-state index in [4.69, 9.17) is 5.73 Å². The maximum absolute atomic E-state index is 12.1. The fraction of sp³-hybridized carbons (Fsp3) is 0.263. The molecule has 0 saturated carbocycles. The topological polar surface area (TPSA) is 91.5 Å². The summed E-state index contributed by atoms with van der Waals surface area (Å²) in [6.45, 7) is 4.87. The van der Waals surface area contributed by atoms with Crippen LogP contribution in [-0.2, 0) is 0 Å². The van der Waals surface area contributed by atoms with Crippen molar-refractivity contribution in [2.45, 2.75) is 26.7 Å². The van der Waals surface area contributed by atoms with Gasteiger partial charge in [0.1, 0.15) is 0 Å². The van der Waals surface area contributed by atoms with Gasteiger partial charge in [-0.3, -0.25) is 0 Å². The van der Waals surface area contributed by atoms with Gasteiger partial charge in [0.05, 0.1) is 0 Å². The van der Waals surface area contributed by atoms with Crippen molar-refractivity contribution in [3.05, 3.63) is 59.7 Å². The molecule has 0 heterocycles. The molecular formula is C19H25N5O. The quantitative estimate of drug-likeness (QED) is 0.268. The number of para-hydroxylation sites is 1. The van der Waals surface area contributed by atoms with Crippen LogP contribution in [0.3, 0.4) is 0 Å². The highest BCUT2D eigenvalue weighted by Gasteiger charge is 2.05. The van der Waals surface area contributed by atoms with Gasteiger partial charge in [0, 0.05) is 23.5 Å². The summed E-state index contributed by atoms with van der Waals surface area (Å²) in [5.41, 5.74) is 12.2. The van der Waals surface area contributed by atoms with E-state index in [1.54, 1.807) is 12.1 Å². The maximum atomic E-state index is 12.1. The number of unbranched alkanes of at least 4 members (excludes halogenated alkanes) is 1. The van der Waals surface area contributed by atoms with E-state index in [0.29, 0.717) is 11.5 Å². The summed E-state index contributed by atoms with van der Waals surface area (Å²) in [7, 11) is 0. The van der Waals surface area contributed by atoms with E-state index in [1.165, 1.54) is 0 Å². The molecule has 0 radical (unpaired) electrons. The molecule has 0 aliphatic heterocycles. The molecule has 0 bridgehead atoms. The van der Waals surface area contributed by atoms with Crippen molar-refractivity contribution in [1.29, 1.82) is 0 Å². The summed E-state index contributed by atoms with van der Waals surface area (Å²) in [6.07, 6.45) is 2.16. The van der Waals surface area contributed by atoms with Crippen molar-refractivity contribution in [3.8, 4) is 0 Å². The average molecular weight is 339 g/mol. The summed E-state index contributed by atoms with van der Waals surface area (Å²) in [5, 5.41) is 9.76. The third-order valence-electron chi connectivity index (χ3n) is 3.67. The van der Waals surface area contributed by atoms with Crippen LogP contribution in [0.2, 0.25) is 0 Å². The lowest BCUT2D eigenvalue weighted by atomic mass is 10.2. The Hall–Kier alpha value is -3.02. The van der Waals surface area contributed by atoms with Gasteiger partial charge in [-0.25, -0.2) is 4.79 Å². The Morgan fingerprint density at radius 2 is 1.80 bits per heavy atom. The molecule has 2 aromatic carbocycles. The van der Waals surface area contributed by atoms with Crippen LogP contribution in [0.5, 0.6) is 0 Å². The van der Waals surface area contributed by atoms with Crippen molar-refractivity contribution in [2.24, 2.45) is 10.8 Å². The number of nitrogens with two attached hydrogens (primary N) is 1. The fourth-order valence-corrected chi connectivity index (χ4v) is 2.18. The summed E-state index contributed by atoms with van der Waals surface area (Å²) in [6, 6.07) is 14.6. The number of benzene rings is 2. The zero-order valence-electron chi connectivity index (χ0n) is 14.7. The van der Waals surface area contributed by atoms with Crippen LogP contribution < -0.4 is 21.8 Å². The second-order valence-corrected chi connectivity index (χ2v) is 5.73. The van der Waals surface area contributed by atoms with Gasteiger partial charge in [0.15, 0.2) is 5.84 Å². The molecule has 0 aliphatic carbocycles. The smallest absolute Gasteiger partial charge is 0.323 e. The molecule has 132 valence electrons. The number of rotatable bonds is 7. The molecule has 6 heteroatoms. The number of amides is 2. The Labute approximate surface area is 148 Å². The van der Waals surface area contributed by atoms with Crippen molar-refractivity contribution >= 4 is 23.2 Å². The molecule has 0 saturated heterocycles. The molecule has 25 heavy (non-hydrogen) atoms. The van der Waals surface area contributed by atoms with Crippen LogP contribution >= 0.6 is 0 Å². The van der Waals surface area contributed by atoms with Crippen LogP contribution in [0.4, 0.5) is 16.2 Å². The van der Waals surface area contributed by atoms with Crippen molar-refractivity contribution in [2.75, 3.05) is 17.2 Å². The van der Waals surface area contributed by atoms with Gasteiger partial charge in [-0.15, -0.1) is 0 Å². The first-order valence-corrected chi connectivity index (χ1v) is 8.40. The fourth-order valence-electron chi connectivity index (χ4n) is 2.18. The van der Waals surface area contributed by atoms with Gasteiger partial charge in [-0.05, 0) is 49.2 Å². The van der Waals surface area contributed by atoms with Gasteiger partial charge in [0.2, 0.25) is 0 Å². The summed E-state index contributed by atoms with van der Waals surface area (Å²) >= 11 is 0. The number of hydrazone groups is 1. The Morgan fingerprint density at radius 3 is 2.48 bits per heavy atom. The van der Waals surface area contributed by atoms with E-state index in [0.717, 1.165) is 36.2 Å². The number of hydrogen-bond acceptors (Lipinski definition) is 3. The summed E-state index contributed by atoms with van der Waals surface area (Å²) < 4.78 is 0. The van der Waals surface area contributed by atoms with E-state index >= 15 is 0 Å². The lowest BCUT2D eigenvalue weighted by Gasteiger charge is -2.10. The second-order valence-electron chi connectivity index (χ2n) is 5.73. The standard InChI is InChI=1S/C19H25N5O/c1-3-4-13-21-24-18(20)15-9-11-16(12-10-15)22-19(25)23-17-8-6-5-7-14(17)2/h5-12,21H,3-4,13H2,1-2H3,(H2,20,24)(H2,22,23,25). The Balaban J connectivity index is 1.91. The van der Waals surface area contributed by atoms with Crippen LogP contribution in [-0.4, -0.2) is 18.4 Å². The second kappa shape index (κ2) is 9.32. The first-order chi connectivity index (χ1) is 12.1. The number of aryl methyl sites for hydroxylation is 1. The molecule has 2 aromatic rings. The van der Waals surface area contributed by atoms with E-state index in [9.17, 15) is 4.79 Å². The average Bonchev–Trinajstić information content (AvgIpc) is 2.61. The minimum absolute atomic E-state index is 0.287. The number of nitrogens with zero attached hydrogens (tertiary/aromatic N) is 1. The predicted octanol–water partition coefficient (Wildman–Crippen LogP) is 3.65. The number of nitrogens with one attached hydrogen (secondary N) is 3. The van der Waals surface area contributed by atoms with Crippen LogP contribution in [0.1, 0.15) is 30.9 Å². The summed E-state index contributed by atoms with van der Waals surface area (Å²) in [5.74, 6) is 0.423. The van der Waals surface area contributed by atoms with E-state index in [2.05, 4.69) is 28.1 Å². The highest BCUT2D eigenvalue weighted by molar-refractivity contribution is 6.01. The minimum Gasteiger partial charge on any atom is -0.382 e. The minimum atomic E-state index is -0.287. The largest absolute Gasteiger partial charge is 0.382 e. The molecule has 2 rings (SSSR count). The molecular weight excluding hydrogens is 314 g/mol. The highest BCUT2D eigenvalue weighted by Crippen LogP contribution is 2.14. The van der Waals surface area contributed by atoms with Crippen LogP contribution in [0, 0.1) is 6.92 Å². The molecule has 0 aliphatic rings. The molecule has 0 atom stereocenters. The third-order valence-corrected chi connectivity index (χ3v) is 3.67. The molecule has 0 unspecified atom stereocenters. The molecule has 6 nitrogen and oxygen atoms in total. The van der Waals surface area contributed by atoms with Gasteiger partial charge in [-0.2, -0.15) is 5.10 Å². The first kappa shape index (κ1) is 18.3. The zero-order chi connectivity index (χ0) is 18.1. The highest BCUT2D eigenvalue weighted by atomic mass is 16.2. The van der Waals surface area contributed by atoms with E-state index in [-0.39, 0.29) is 6.03 Å². The number of hydrogen-bond donors (Lipinski definition) is 4. The Bertz CT molecular complexity index is 725. The zero-order valence-corrected chi connectivity index (χ0v) is 14.7.